The van der Waals surface area contributed by atoms with Crippen molar-refractivity contribution in [2.75, 3.05) is 13.3 Å². The van der Waals surface area contributed by atoms with E-state index >= 15 is 0 Å². The van der Waals surface area contributed by atoms with Crippen LogP contribution in [-0.2, 0) is 24.3 Å². The summed E-state index contributed by atoms with van der Waals surface area (Å²) < 4.78 is 12.9. The van der Waals surface area contributed by atoms with Crippen molar-refractivity contribution in [3.63, 3.8) is 0 Å². The van der Waals surface area contributed by atoms with Crippen LogP contribution in [0.2, 0.25) is 0 Å². The van der Waals surface area contributed by atoms with Crippen molar-refractivity contribution in [3.8, 4) is 11.5 Å². The van der Waals surface area contributed by atoms with Crippen molar-refractivity contribution in [2.24, 2.45) is 5.41 Å². The molecule has 0 radical (unpaired) electrons. The number of hydrogen-bond donors (Lipinski definition) is 0. The molecule has 0 spiro atoms. The lowest BCUT2D eigenvalue weighted by molar-refractivity contribution is -0.137. The molecular formula is C21H27N3O3. The molecule has 1 aromatic carbocycles. The van der Waals surface area contributed by atoms with Gasteiger partial charge in [0.1, 0.15) is 0 Å². The highest BCUT2D eigenvalue weighted by molar-refractivity contribution is 5.77. The smallest absolute Gasteiger partial charge is 0.231 e. The molecule has 0 saturated carbocycles. The lowest BCUT2D eigenvalue weighted by Gasteiger charge is -2.40. The van der Waals surface area contributed by atoms with Crippen molar-refractivity contribution < 1.29 is 14.3 Å². The summed E-state index contributed by atoms with van der Waals surface area (Å²) in [6.45, 7) is 7.02. The molecule has 0 unspecified atom stereocenters. The average Bonchev–Trinajstić information content (AvgIpc) is 3.27. The normalized spacial score (nSPS) is 21.7. The van der Waals surface area contributed by atoms with Gasteiger partial charge in [0.05, 0.1) is 6.20 Å². The first-order chi connectivity index (χ1) is 13.0. The number of hydrogen-bond acceptors (Lipinski definition) is 4. The van der Waals surface area contributed by atoms with Gasteiger partial charge < -0.3 is 14.4 Å². The van der Waals surface area contributed by atoms with Gasteiger partial charge in [0, 0.05) is 37.8 Å². The van der Waals surface area contributed by atoms with Crippen LogP contribution in [0.1, 0.15) is 44.2 Å². The van der Waals surface area contributed by atoms with Crippen LogP contribution in [0, 0.1) is 5.41 Å². The molecule has 0 aliphatic carbocycles. The van der Waals surface area contributed by atoms with Gasteiger partial charge in [-0.3, -0.25) is 9.48 Å². The van der Waals surface area contributed by atoms with Gasteiger partial charge in [0.15, 0.2) is 11.5 Å². The SMILES string of the molecule is CCCn1cc(CN2C[C@@](C)(Cc3ccc4c(c3)OCO4)CCC2=O)cn1. The zero-order valence-electron chi connectivity index (χ0n) is 16.1. The zero-order valence-corrected chi connectivity index (χ0v) is 16.1. The number of benzene rings is 1. The molecule has 6 nitrogen and oxygen atoms in total. The Hall–Kier alpha value is -2.50. The molecule has 2 aliphatic rings. The molecule has 1 atom stereocenters. The van der Waals surface area contributed by atoms with Crippen LogP contribution in [0.15, 0.2) is 30.6 Å². The van der Waals surface area contributed by atoms with Crippen LogP contribution in [0.25, 0.3) is 0 Å². The van der Waals surface area contributed by atoms with E-state index in [1.165, 1.54) is 5.56 Å². The van der Waals surface area contributed by atoms with Gasteiger partial charge in [-0.25, -0.2) is 0 Å². The van der Waals surface area contributed by atoms with E-state index in [4.69, 9.17) is 9.47 Å². The third-order valence-corrected chi connectivity index (χ3v) is 5.45. The van der Waals surface area contributed by atoms with E-state index in [2.05, 4.69) is 37.3 Å². The molecule has 2 aliphatic heterocycles. The minimum atomic E-state index is 0.0566. The molecule has 0 bridgehead atoms. The molecule has 27 heavy (non-hydrogen) atoms. The van der Waals surface area contributed by atoms with Gasteiger partial charge in [-0.2, -0.15) is 5.10 Å². The number of aromatic nitrogens is 2. The number of fused-ring (bicyclic) bond motifs is 1. The van der Waals surface area contributed by atoms with E-state index in [1.807, 2.05) is 21.8 Å². The lowest BCUT2D eigenvalue weighted by Crippen LogP contribution is -2.45. The molecule has 2 aromatic rings. The summed E-state index contributed by atoms with van der Waals surface area (Å²) in [5.41, 5.74) is 2.39. The second kappa shape index (κ2) is 7.25. The van der Waals surface area contributed by atoms with Gasteiger partial charge >= 0.3 is 0 Å². The molecule has 3 heterocycles. The largest absolute Gasteiger partial charge is 0.454 e. The molecule has 6 heteroatoms. The highest BCUT2D eigenvalue weighted by Gasteiger charge is 2.35. The van der Waals surface area contributed by atoms with Gasteiger partial charge in [0.25, 0.3) is 0 Å². The predicted octanol–water partition coefficient (Wildman–Crippen LogP) is 3.39. The molecule has 1 aromatic heterocycles. The fourth-order valence-corrected chi connectivity index (χ4v) is 4.09. The van der Waals surface area contributed by atoms with E-state index < -0.39 is 0 Å². The summed E-state index contributed by atoms with van der Waals surface area (Å²) in [5.74, 6) is 1.87. The van der Waals surface area contributed by atoms with Crippen LogP contribution in [0.5, 0.6) is 11.5 Å². The number of likely N-dealkylation sites (tertiary alicyclic amines) is 1. The Bertz CT molecular complexity index is 832. The van der Waals surface area contributed by atoms with Crippen molar-refractivity contribution in [3.05, 3.63) is 41.7 Å². The van der Waals surface area contributed by atoms with Crippen LogP contribution < -0.4 is 9.47 Å². The van der Waals surface area contributed by atoms with Gasteiger partial charge in [-0.05, 0) is 42.4 Å². The van der Waals surface area contributed by atoms with Gasteiger partial charge in [-0.1, -0.05) is 19.9 Å². The van der Waals surface area contributed by atoms with E-state index in [1.54, 1.807) is 0 Å². The van der Waals surface area contributed by atoms with Crippen LogP contribution >= 0.6 is 0 Å². The van der Waals surface area contributed by atoms with E-state index in [0.29, 0.717) is 19.8 Å². The first-order valence-corrected chi connectivity index (χ1v) is 9.72. The summed E-state index contributed by atoms with van der Waals surface area (Å²) in [6.07, 6.45) is 7.42. The van der Waals surface area contributed by atoms with Crippen LogP contribution in [0.4, 0.5) is 0 Å². The van der Waals surface area contributed by atoms with Crippen LogP contribution in [0.3, 0.4) is 0 Å². The van der Waals surface area contributed by atoms with E-state index in [-0.39, 0.29) is 11.3 Å². The number of aryl methyl sites for hydroxylation is 1. The van der Waals surface area contributed by atoms with E-state index in [0.717, 1.165) is 49.4 Å². The van der Waals surface area contributed by atoms with Crippen molar-refractivity contribution >= 4 is 5.91 Å². The van der Waals surface area contributed by atoms with E-state index in [9.17, 15) is 4.79 Å². The summed E-state index contributed by atoms with van der Waals surface area (Å²) >= 11 is 0. The fraction of sp³-hybridized carbons (Fsp3) is 0.524. The zero-order chi connectivity index (χ0) is 18.9. The van der Waals surface area contributed by atoms with Gasteiger partial charge in [-0.15, -0.1) is 0 Å². The first-order valence-electron chi connectivity index (χ1n) is 9.72. The predicted molar refractivity (Wildman–Crippen MR) is 102 cm³/mol. The third kappa shape index (κ3) is 3.94. The van der Waals surface area contributed by atoms with Crippen molar-refractivity contribution in [2.45, 2.75) is 52.6 Å². The number of piperidine rings is 1. The number of carbonyl (C=O) groups excluding carboxylic acids is 1. The summed E-state index contributed by atoms with van der Waals surface area (Å²) in [5, 5.41) is 4.39. The maximum absolute atomic E-state index is 12.5. The molecule has 1 saturated heterocycles. The highest BCUT2D eigenvalue weighted by Crippen LogP contribution is 2.38. The summed E-state index contributed by atoms with van der Waals surface area (Å²) in [4.78, 5) is 14.5. The molecule has 144 valence electrons. The topological polar surface area (TPSA) is 56.6 Å². The molecule has 1 amide bonds. The monoisotopic (exact) mass is 369 g/mol. The second-order valence-corrected chi connectivity index (χ2v) is 8.04. The van der Waals surface area contributed by atoms with Crippen LogP contribution in [-0.4, -0.2) is 33.9 Å². The Morgan fingerprint density at radius 1 is 1.22 bits per heavy atom. The van der Waals surface area contributed by atoms with Gasteiger partial charge in [0.2, 0.25) is 12.7 Å². The quantitative estimate of drug-likeness (QED) is 0.783. The number of nitrogens with zero attached hydrogens (tertiary/aromatic N) is 3. The Labute approximate surface area is 160 Å². The molecular weight excluding hydrogens is 342 g/mol. The standard InChI is InChI=1S/C21H27N3O3/c1-3-8-24-13-17(11-22-24)12-23-14-21(2,7-6-20(23)25)10-16-4-5-18-19(9-16)27-15-26-18/h4-5,9,11,13H,3,6-8,10,12,14-15H2,1-2H3/t21-/m1/s1. The number of amides is 1. The minimum Gasteiger partial charge on any atom is -0.454 e. The Kier molecular flexibility index (Phi) is 4.81. The van der Waals surface area contributed by atoms with Crippen molar-refractivity contribution in [1.29, 1.82) is 0 Å². The first kappa shape index (κ1) is 17.9. The Morgan fingerprint density at radius 2 is 2.07 bits per heavy atom. The number of ether oxygens (including phenoxy) is 2. The highest BCUT2D eigenvalue weighted by atomic mass is 16.7. The Balaban J connectivity index is 1.44. The Morgan fingerprint density at radius 3 is 2.93 bits per heavy atom. The lowest BCUT2D eigenvalue weighted by atomic mass is 9.76. The second-order valence-electron chi connectivity index (χ2n) is 8.04. The number of carbonyl (C=O) groups is 1. The molecule has 0 N–H and O–H groups in total. The van der Waals surface area contributed by atoms with Crippen molar-refractivity contribution in [1.82, 2.24) is 14.7 Å². The third-order valence-electron chi connectivity index (χ3n) is 5.45. The summed E-state index contributed by atoms with van der Waals surface area (Å²) in [6, 6.07) is 6.16. The minimum absolute atomic E-state index is 0.0566. The average molecular weight is 369 g/mol. The maximum atomic E-state index is 12.5. The fourth-order valence-electron chi connectivity index (χ4n) is 4.09. The number of rotatable bonds is 6. The maximum Gasteiger partial charge on any atom is 0.231 e. The summed E-state index contributed by atoms with van der Waals surface area (Å²) in [7, 11) is 0. The molecule has 4 rings (SSSR count). The molecule has 1 fully saturated rings.